The van der Waals surface area contributed by atoms with Gasteiger partial charge in [0, 0.05) is 23.5 Å². The number of carbonyl (C=O) groups excluding carboxylic acids is 1. The van der Waals surface area contributed by atoms with E-state index in [0.717, 1.165) is 23.6 Å². The minimum Gasteiger partial charge on any atom is -0.353 e. The highest BCUT2D eigenvalue weighted by molar-refractivity contribution is 9.10. The molecule has 0 bridgehead atoms. The minimum absolute atomic E-state index is 0.0988. The maximum atomic E-state index is 11.8. The zero-order valence-electron chi connectivity index (χ0n) is 11.2. The maximum Gasteiger partial charge on any atom is 0.232 e. The Kier molecular flexibility index (Phi) is 4.70. The van der Waals surface area contributed by atoms with E-state index in [1.807, 2.05) is 0 Å². The van der Waals surface area contributed by atoms with Crippen LogP contribution in [0, 0.1) is 0 Å². The molecule has 0 aliphatic heterocycles. The summed E-state index contributed by atoms with van der Waals surface area (Å²) in [4.78, 5) is 11.7. The zero-order valence-corrected chi connectivity index (χ0v) is 13.6. The van der Waals surface area contributed by atoms with E-state index >= 15 is 0 Å². The first-order valence-electron chi connectivity index (χ1n) is 6.39. The molecule has 1 fully saturated rings. The van der Waals surface area contributed by atoms with Crippen molar-refractivity contribution in [3.63, 3.8) is 0 Å². The van der Waals surface area contributed by atoms with Crippen molar-refractivity contribution in [2.75, 3.05) is 17.1 Å². The summed E-state index contributed by atoms with van der Waals surface area (Å²) in [5.41, 5.74) is 0.565. The van der Waals surface area contributed by atoms with Crippen molar-refractivity contribution in [1.29, 1.82) is 0 Å². The number of anilines is 1. The molecule has 0 heterocycles. The van der Waals surface area contributed by atoms with Gasteiger partial charge in [-0.25, -0.2) is 8.42 Å². The number of nitrogens with zero attached hydrogens (tertiary/aromatic N) is 1. The zero-order chi connectivity index (χ0) is 14.8. The molecule has 0 atom stereocenters. The maximum absolute atomic E-state index is 11.8. The number of carbonyl (C=O) groups is 1. The average Bonchev–Trinajstić information content (AvgIpc) is 3.14. The van der Waals surface area contributed by atoms with Crippen LogP contribution in [0.5, 0.6) is 0 Å². The quantitative estimate of drug-likeness (QED) is 0.842. The predicted molar refractivity (Wildman–Crippen MR) is 82.1 cm³/mol. The number of rotatable bonds is 6. The van der Waals surface area contributed by atoms with E-state index in [4.69, 9.17) is 0 Å². The molecule has 1 aromatic carbocycles. The van der Waals surface area contributed by atoms with Crippen LogP contribution in [0.2, 0.25) is 0 Å². The monoisotopic (exact) mass is 360 g/mol. The van der Waals surface area contributed by atoms with Crippen LogP contribution in [-0.4, -0.2) is 33.2 Å². The molecule has 0 saturated heterocycles. The van der Waals surface area contributed by atoms with Crippen LogP contribution in [0.3, 0.4) is 0 Å². The Morgan fingerprint density at radius 3 is 2.45 bits per heavy atom. The normalized spacial score (nSPS) is 14.9. The molecule has 20 heavy (non-hydrogen) atoms. The number of hydrogen-bond acceptors (Lipinski definition) is 3. The van der Waals surface area contributed by atoms with Crippen LogP contribution in [0.4, 0.5) is 5.69 Å². The topological polar surface area (TPSA) is 66.5 Å². The highest BCUT2D eigenvalue weighted by Crippen LogP contribution is 2.21. The minimum atomic E-state index is -3.40. The third-order valence-corrected chi connectivity index (χ3v) is 4.72. The van der Waals surface area contributed by atoms with E-state index in [2.05, 4.69) is 21.2 Å². The van der Waals surface area contributed by atoms with Gasteiger partial charge in [0.25, 0.3) is 0 Å². The third-order valence-electron chi connectivity index (χ3n) is 3.00. The van der Waals surface area contributed by atoms with E-state index in [-0.39, 0.29) is 18.9 Å². The fourth-order valence-electron chi connectivity index (χ4n) is 1.82. The highest BCUT2D eigenvalue weighted by Gasteiger charge is 2.24. The first-order chi connectivity index (χ1) is 9.36. The molecule has 0 unspecified atom stereocenters. The summed E-state index contributed by atoms with van der Waals surface area (Å²) in [7, 11) is -3.40. The molecule has 1 saturated carbocycles. The van der Waals surface area contributed by atoms with Crippen molar-refractivity contribution in [2.24, 2.45) is 0 Å². The van der Waals surface area contributed by atoms with E-state index in [1.54, 1.807) is 24.3 Å². The molecule has 1 aromatic rings. The Hall–Kier alpha value is -1.08. The number of halogens is 1. The molecule has 1 aliphatic rings. The summed E-state index contributed by atoms with van der Waals surface area (Å²) in [5.74, 6) is -0.0988. The Labute approximate surface area is 127 Å². The number of nitrogens with one attached hydrogen (secondary N) is 1. The lowest BCUT2D eigenvalue weighted by Gasteiger charge is -2.22. The summed E-state index contributed by atoms with van der Waals surface area (Å²) < 4.78 is 25.8. The van der Waals surface area contributed by atoms with Gasteiger partial charge in [-0.1, -0.05) is 15.9 Å². The molecule has 0 spiro atoms. The summed E-state index contributed by atoms with van der Waals surface area (Å²) in [6.07, 6.45) is 3.36. The van der Waals surface area contributed by atoms with Gasteiger partial charge in [-0.15, -0.1) is 0 Å². The Morgan fingerprint density at radius 1 is 1.35 bits per heavy atom. The van der Waals surface area contributed by atoms with Gasteiger partial charge >= 0.3 is 0 Å². The molecule has 1 amide bonds. The Bertz CT molecular complexity index is 582. The van der Waals surface area contributed by atoms with E-state index in [1.165, 1.54) is 4.31 Å². The second-order valence-electron chi connectivity index (χ2n) is 4.90. The van der Waals surface area contributed by atoms with Crippen LogP contribution < -0.4 is 9.62 Å². The molecule has 5 nitrogen and oxygen atoms in total. The van der Waals surface area contributed by atoms with E-state index in [0.29, 0.717) is 11.7 Å². The Morgan fingerprint density at radius 2 is 1.95 bits per heavy atom. The molecule has 0 aromatic heterocycles. The Balaban J connectivity index is 2.04. The van der Waals surface area contributed by atoms with Crippen LogP contribution in [-0.2, 0) is 14.8 Å². The molecule has 1 aliphatic carbocycles. The molecular formula is C13H17BrN2O3S. The first-order valence-corrected chi connectivity index (χ1v) is 9.03. The molecule has 0 radical (unpaired) electrons. The number of benzene rings is 1. The number of hydrogen-bond donors (Lipinski definition) is 1. The van der Waals surface area contributed by atoms with Crippen molar-refractivity contribution < 1.29 is 13.2 Å². The predicted octanol–water partition coefficient (Wildman–Crippen LogP) is 1.88. The fourth-order valence-corrected chi connectivity index (χ4v) is 3.02. The second kappa shape index (κ2) is 6.13. The third kappa shape index (κ3) is 4.49. The van der Waals surface area contributed by atoms with Crippen molar-refractivity contribution >= 4 is 37.5 Å². The van der Waals surface area contributed by atoms with Crippen molar-refractivity contribution in [1.82, 2.24) is 5.32 Å². The van der Waals surface area contributed by atoms with Crippen LogP contribution in [0.15, 0.2) is 28.7 Å². The summed E-state index contributed by atoms with van der Waals surface area (Å²) in [6, 6.07) is 7.27. The number of amides is 1. The van der Waals surface area contributed by atoms with Crippen molar-refractivity contribution in [3.05, 3.63) is 28.7 Å². The molecule has 7 heteroatoms. The van der Waals surface area contributed by atoms with Crippen LogP contribution in [0.25, 0.3) is 0 Å². The van der Waals surface area contributed by atoms with Crippen LogP contribution in [0.1, 0.15) is 19.3 Å². The molecular weight excluding hydrogens is 344 g/mol. The van der Waals surface area contributed by atoms with Gasteiger partial charge in [0.1, 0.15) is 0 Å². The van der Waals surface area contributed by atoms with Crippen molar-refractivity contribution in [3.8, 4) is 0 Å². The van der Waals surface area contributed by atoms with Gasteiger partial charge in [-0.3, -0.25) is 9.10 Å². The SMILES string of the molecule is CS(=O)(=O)N(CCC(=O)NC1CC1)c1ccc(Br)cc1. The first kappa shape index (κ1) is 15.3. The lowest BCUT2D eigenvalue weighted by atomic mass is 10.3. The average molecular weight is 361 g/mol. The fraction of sp³-hybridized carbons (Fsp3) is 0.462. The standard InChI is InChI=1S/C13H17BrN2O3S/c1-20(18,19)16(12-6-2-10(14)3-7-12)9-8-13(17)15-11-4-5-11/h2-3,6-7,11H,4-5,8-9H2,1H3,(H,15,17). The lowest BCUT2D eigenvalue weighted by Crippen LogP contribution is -2.35. The van der Waals surface area contributed by atoms with Gasteiger partial charge in [0.15, 0.2) is 0 Å². The molecule has 110 valence electrons. The second-order valence-corrected chi connectivity index (χ2v) is 7.73. The van der Waals surface area contributed by atoms with E-state index < -0.39 is 10.0 Å². The summed E-state index contributed by atoms with van der Waals surface area (Å²) in [5, 5.41) is 2.85. The van der Waals surface area contributed by atoms with Gasteiger partial charge in [-0.2, -0.15) is 0 Å². The summed E-state index contributed by atoms with van der Waals surface area (Å²) in [6.45, 7) is 0.152. The largest absolute Gasteiger partial charge is 0.353 e. The number of sulfonamides is 1. The van der Waals surface area contributed by atoms with E-state index in [9.17, 15) is 13.2 Å². The summed E-state index contributed by atoms with van der Waals surface area (Å²) >= 11 is 3.31. The van der Waals surface area contributed by atoms with Gasteiger partial charge in [0.2, 0.25) is 15.9 Å². The smallest absolute Gasteiger partial charge is 0.232 e. The van der Waals surface area contributed by atoms with Crippen LogP contribution >= 0.6 is 15.9 Å². The van der Waals surface area contributed by atoms with Crippen molar-refractivity contribution in [2.45, 2.75) is 25.3 Å². The van der Waals surface area contributed by atoms with Gasteiger partial charge in [0.05, 0.1) is 11.9 Å². The lowest BCUT2D eigenvalue weighted by molar-refractivity contribution is -0.121. The van der Waals surface area contributed by atoms with Gasteiger partial charge < -0.3 is 5.32 Å². The molecule has 2 rings (SSSR count). The van der Waals surface area contributed by atoms with Gasteiger partial charge in [-0.05, 0) is 37.1 Å². The highest BCUT2D eigenvalue weighted by atomic mass is 79.9. The molecule has 1 N–H and O–H groups in total.